The number of amides is 2. The number of hydrogen-bond donors (Lipinski definition) is 2. The second-order valence-corrected chi connectivity index (χ2v) is 6.55. The fourth-order valence-corrected chi connectivity index (χ4v) is 3.28. The molecule has 0 saturated heterocycles. The van der Waals surface area contributed by atoms with Crippen molar-refractivity contribution in [1.82, 2.24) is 0 Å². The van der Waals surface area contributed by atoms with E-state index in [1.807, 2.05) is 24.3 Å². The normalized spacial score (nSPS) is 10.4. The van der Waals surface area contributed by atoms with E-state index in [1.54, 1.807) is 43.5 Å². The van der Waals surface area contributed by atoms with E-state index in [1.165, 1.54) is 0 Å². The lowest BCUT2D eigenvalue weighted by molar-refractivity contribution is 0.0999. The first-order valence-electron chi connectivity index (χ1n) is 8.88. The van der Waals surface area contributed by atoms with Crippen LogP contribution < -0.4 is 16.2 Å². The molecule has 0 heterocycles. The molecule has 0 bridgehead atoms. The van der Waals surface area contributed by atoms with Gasteiger partial charge in [-0.2, -0.15) is 0 Å². The highest BCUT2D eigenvalue weighted by Crippen LogP contribution is 2.29. The summed E-state index contributed by atoms with van der Waals surface area (Å²) in [6, 6.07) is 17.5. The standard InChI is InChI=1S/C23H20N2O4/c1-29-18-10-15(9-17(12-18)16-5-2-4-14(8-16)13-26)11-21-19(22(24)27)6-3-7-20(21)23(25)28/h2-10,12-13H,11H2,1H3,(H2,24,27)(H2,25,28). The summed E-state index contributed by atoms with van der Waals surface area (Å²) < 4.78 is 5.41. The average Bonchev–Trinajstić information content (AvgIpc) is 2.73. The number of carbonyl (C=O) groups excluding carboxylic acids is 3. The molecule has 3 aromatic rings. The van der Waals surface area contributed by atoms with Crippen molar-refractivity contribution in [2.24, 2.45) is 11.5 Å². The van der Waals surface area contributed by atoms with Gasteiger partial charge in [0.2, 0.25) is 11.8 Å². The van der Waals surface area contributed by atoms with Crippen molar-refractivity contribution in [3.8, 4) is 16.9 Å². The Balaban J connectivity index is 2.12. The third-order valence-corrected chi connectivity index (χ3v) is 4.65. The number of benzene rings is 3. The highest BCUT2D eigenvalue weighted by Gasteiger charge is 2.17. The van der Waals surface area contributed by atoms with Crippen molar-refractivity contribution in [3.05, 3.63) is 88.5 Å². The zero-order chi connectivity index (χ0) is 21.0. The van der Waals surface area contributed by atoms with Gasteiger partial charge in [0.1, 0.15) is 12.0 Å². The monoisotopic (exact) mass is 388 g/mol. The number of ether oxygens (including phenoxy) is 1. The van der Waals surface area contributed by atoms with Crippen LogP contribution in [0.4, 0.5) is 0 Å². The van der Waals surface area contributed by atoms with E-state index in [0.29, 0.717) is 16.9 Å². The predicted octanol–water partition coefficient (Wildman–Crippen LogP) is 2.96. The molecule has 4 N–H and O–H groups in total. The molecule has 0 aliphatic heterocycles. The molecule has 0 aromatic heterocycles. The maximum atomic E-state index is 11.9. The summed E-state index contributed by atoms with van der Waals surface area (Å²) in [4.78, 5) is 34.9. The minimum Gasteiger partial charge on any atom is -0.497 e. The van der Waals surface area contributed by atoms with Gasteiger partial charge in [0.05, 0.1) is 7.11 Å². The van der Waals surface area contributed by atoms with Crippen molar-refractivity contribution < 1.29 is 19.1 Å². The molecule has 6 nitrogen and oxygen atoms in total. The molecule has 0 spiro atoms. The fraction of sp³-hybridized carbons (Fsp3) is 0.0870. The minimum atomic E-state index is -0.634. The molecule has 3 aromatic carbocycles. The second kappa shape index (κ2) is 8.39. The molecule has 0 saturated carbocycles. The first-order chi connectivity index (χ1) is 13.9. The zero-order valence-corrected chi connectivity index (χ0v) is 15.8. The lowest BCUT2D eigenvalue weighted by Crippen LogP contribution is -2.20. The molecule has 0 aliphatic rings. The predicted molar refractivity (Wildman–Crippen MR) is 110 cm³/mol. The Bertz CT molecular complexity index is 1070. The molecule has 0 unspecified atom stereocenters. The summed E-state index contributed by atoms with van der Waals surface area (Å²) >= 11 is 0. The van der Waals surface area contributed by atoms with Crippen molar-refractivity contribution >= 4 is 18.1 Å². The van der Waals surface area contributed by atoms with Gasteiger partial charge < -0.3 is 16.2 Å². The molecule has 6 heteroatoms. The summed E-state index contributed by atoms with van der Waals surface area (Å²) in [5.74, 6) is -0.666. The number of hydrogen-bond acceptors (Lipinski definition) is 4. The maximum absolute atomic E-state index is 11.9. The van der Waals surface area contributed by atoms with Crippen LogP contribution >= 0.6 is 0 Å². The molecule has 146 valence electrons. The molecular formula is C23H20N2O4. The fourth-order valence-electron chi connectivity index (χ4n) is 3.28. The summed E-state index contributed by atoms with van der Waals surface area (Å²) in [6.07, 6.45) is 1.04. The quantitative estimate of drug-likeness (QED) is 0.606. The smallest absolute Gasteiger partial charge is 0.249 e. The van der Waals surface area contributed by atoms with Crippen LogP contribution in [0.2, 0.25) is 0 Å². The number of nitrogens with two attached hydrogens (primary N) is 2. The van der Waals surface area contributed by atoms with Crippen molar-refractivity contribution in [1.29, 1.82) is 0 Å². The third kappa shape index (κ3) is 4.32. The molecule has 0 fully saturated rings. The van der Waals surface area contributed by atoms with Crippen LogP contribution in [0.15, 0.2) is 60.7 Å². The lowest BCUT2D eigenvalue weighted by atomic mass is 9.92. The van der Waals surface area contributed by atoms with Crippen molar-refractivity contribution in [2.45, 2.75) is 6.42 Å². The topological polar surface area (TPSA) is 112 Å². The lowest BCUT2D eigenvalue weighted by Gasteiger charge is -2.14. The van der Waals surface area contributed by atoms with Gasteiger partial charge in [0.15, 0.2) is 0 Å². The van der Waals surface area contributed by atoms with Crippen LogP contribution in [0, 0.1) is 0 Å². The number of aldehydes is 1. The average molecular weight is 388 g/mol. The van der Waals surface area contributed by atoms with Crippen LogP contribution in [0.5, 0.6) is 5.75 Å². The first kappa shape index (κ1) is 19.8. The van der Waals surface area contributed by atoms with Gasteiger partial charge in [0, 0.05) is 16.7 Å². The first-order valence-corrected chi connectivity index (χ1v) is 8.88. The van der Waals surface area contributed by atoms with E-state index in [-0.39, 0.29) is 17.5 Å². The molecule has 3 rings (SSSR count). The Labute approximate surface area is 168 Å². The molecular weight excluding hydrogens is 368 g/mol. The number of methoxy groups -OCH3 is 1. The number of carbonyl (C=O) groups is 3. The van der Waals surface area contributed by atoms with Crippen LogP contribution in [0.3, 0.4) is 0 Å². The third-order valence-electron chi connectivity index (χ3n) is 4.65. The van der Waals surface area contributed by atoms with Gasteiger partial charge in [-0.3, -0.25) is 14.4 Å². The van der Waals surface area contributed by atoms with Gasteiger partial charge in [-0.15, -0.1) is 0 Å². The SMILES string of the molecule is COc1cc(Cc2c(C(N)=O)cccc2C(N)=O)cc(-c2cccc(C=O)c2)c1. The largest absolute Gasteiger partial charge is 0.497 e. The van der Waals surface area contributed by atoms with E-state index >= 15 is 0 Å². The van der Waals surface area contributed by atoms with Crippen molar-refractivity contribution in [3.63, 3.8) is 0 Å². The Morgan fingerprint density at radius 2 is 1.55 bits per heavy atom. The van der Waals surface area contributed by atoms with Gasteiger partial charge in [-0.05, 0) is 59.0 Å². The zero-order valence-electron chi connectivity index (χ0n) is 15.8. The van der Waals surface area contributed by atoms with Gasteiger partial charge in [-0.25, -0.2) is 0 Å². The number of primary amides is 2. The Morgan fingerprint density at radius 3 is 2.14 bits per heavy atom. The molecule has 0 atom stereocenters. The van der Waals surface area contributed by atoms with Gasteiger partial charge in [0.25, 0.3) is 0 Å². The minimum absolute atomic E-state index is 0.244. The Hall–Kier alpha value is -3.93. The molecule has 2 amide bonds. The van der Waals surface area contributed by atoms with E-state index in [4.69, 9.17) is 16.2 Å². The summed E-state index contributed by atoms with van der Waals surface area (Å²) in [6.45, 7) is 0. The molecule has 29 heavy (non-hydrogen) atoms. The molecule has 0 radical (unpaired) electrons. The van der Waals surface area contributed by atoms with E-state index in [2.05, 4.69) is 0 Å². The highest BCUT2D eigenvalue weighted by molar-refractivity contribution is 6.01. The van der Waals surface area contributed by atoms with E-state index in [9.17, 15) is 14.4 Å². The van der Waals surface area contributed by atoms with Gasteiger partial charge in [-0.1, -0.05) is 30.3 Å². The Morgan fingerprint density at radius 1 is 0.897 bits per heavy atom. The molecule has 0 aliphatic carbocycles. The highest BCUT2D eigenvalue weighted by atomic mass is 16.5. The van der Waals surface area contributed by atoms with Crippen molar-refractivity contribution in [2.75, 3.05) is 7.11 Å². The summed E-state index contributed by atoms with van der Waals surface area (Å²) in [5.41, 5.74) is 15.0. The van der Waals surface area contributed by atoms with Crippen LogP contribution in [0.25, 0.3) is 11.1 Å². The summed E-state index contributed by atoms with van der Waals surface area (Å²) in [5, 5.41) is 0. The van der Waals surface area contributed by atoms with Crippen LogP contribution in [-0.2, 0) is 6.42 Å². The van der Waals surface area contributed by atoms with Gasteiger partial charge >= 0.3 is 0 Å². The Kier molecular flexibility index (Phi) is 5.74. The van der Waals surface area contributed by atoms with E-state index in [0.717, 1.165) is 23.0 Å². The van der Waals surface area contributed by atoms with E-state index < -0.39 is 11.8 Å². The van der Waals surface area contributed by atoms with Crippen LogP contribution in [0.1, 0.15) is 42.2 Å². The number of rotatable bonds is 7. The summed E-state index contributed by atoms with van der Waals surface area (Å²) in [7, 11) is 1.55. The maximum Gasteiger partial charge on any atom is 0.249 e. The van der Waals surface area contributed by atoms with Crippen LogP contribution in [-0.4, -0.2) is 25.2 Å². The second-order valence-electron chi connectivity index (χ2n) is 6.55.